The highest BCUT2D eigenvalue weighted by molar-refractivity contribution is 5.28. The van der Waals surface area contributed by atoms with E-state index in [1.807, 2.05) is 19.9 Å². The minimum Gasteiger partial charge on any atom is -0.468 e. The number of aliphatic hydroxyl groups is 1. The zero-order valence-electron chi connectivity index (χ0n) is 7.50. The summed E-state index contributed by atoms with van der Waals surface area (Å²) in [6.45, 7) is 4.05. The van der Waals surface area contributed by atoms with Gasteiger partial charge in [-0.1, -0.05) is 13.8 Å². The molecule has 0 spiro atoms. The second kappa shape index (κ2) is 2.36. The summed E-state index contributed by atoms with van der Waals surface area (Å²) in [5.41, 5.74) is 1.04. The van der Waals surface area contributed by atoms with Crippen molar-refractivity contribution in [1.82, 2.24) is 0 Å². The van der Waals surface area contributed by atoms with Crippen LogP contribution >= 0.6 is 0 Å². The van der Waals surface area contributed by atoms with Crippen molar-refractivity contribution in [1.29, 1.82) is 0 Å². The maximum absolute atomic E-state index is 9.74. The molecule has 1 unspecified atom stereocenters. The molecule has 0 saturated heterocycles. The first kappa shape index (κ1) is 7.87. The van der Waals surface area contributed by atoms with Gasteiger partial charge in [-0.2, -0.15) is 0 Å². The SMILES string of the molecule is CC1(C)c2occc2CCC1O. The highest BCUT2D eigenvalue weighted by Crippen LogP contribution is 2.37. The van der Waals surface area contributed by atoms with E-state index in [1.54, 1.807) is 6.26 Å². The van der Waals surface area contributed by atoms with Gasteiger partial charge in [0.05, 0.1) is 12.4 Å². The lowest BCUT2D eigenvalue weighted by Crippen LogP contribution is -2.37. The van der Waals surface area contributed by atoms with Crippen LogP contribution in [-0.4, -0.2) is 11.2 Å². The standard InChI is InChI=1S/C10H14O2/c1-10(2)8(11)4-3-7-5-6-12-9(7)10/h5-6,8,11H,3-4H2,1-2H3. The maximum atomic E-state index is 9.74. The molecule has 1 aliphatic rings. The average Bonchev–Trinajstić information content (AvgIpc) is 2.46. The molecule has 1 N–H and O–H groups in total. The fraction of sp³-hybridized carbons (Fsp3) is 0.600. The molecule has 1 atom stereocenters. The van der Waals surface area contributed by atoms with Gasteiger partial charge in [-0.25, -0.2) is 0 Å². The van der Waals surface area contributed by atoms with Crippen molar-refractivity contribution in [2.24, 2.45) is 0 Å². The largest absolute Gasteiger partial charge is 0.468 e. The molecule has 0 saturated carbocycles. The Kier molecular flexibility index (Phi) is 1.55. The van der Waals surface area contributed by atoms with Crippen LogP contribution in [-0.2, 0) is 11.8 Å². The Hall–Kier alpha value is -0.760. The van der Waals surface area contributed by atoms with Crippen LogP contribution in [0.15, 0.2) is 16.7 Å². The highest BCUT2D eigenvalue weighted by Gasteiger charge is 2.37. The van der Waals surface area contributed by atoms with Crippen LogP contribution in [0, 0.1) is 0 Å². The highest BCUT2D eigenvalue weighted by atomic mass is 16.3. The topological polar surface area (TPSA) is 33.4 Å². The molecular weight excluding hydrogens is 152 g/mol. The first-order chi connectivity index (χ1) is 5.62. The molecule has 66 valence electrons. The van der Waals surface area contributed by atoms with Crippen LogP contribution in [0.2, 0.25) is 0 Å². The summed E-state index contributed by atoms with van der Waals surface area (Å²) in [5.74, 6) is 0.959. The van der Waals surface area contributed by atoms with Crippen molar-refractivity contribution in [3.05, 3.63) is 23.7 Å². The van der Waals surface area contributed by atoms with Gasteiger partial charge >= 0.3 is 0 Å². The van der Waals surface area contributed by atoms with E-state index in [2.05, 4.69) is 0 Å². The first-order valence-electron chi connectivity index (χ1n) is 4.37. The van der Waals surface area contributed by atoms with E-state index in [9.17, 15) is 5.11 Å². The average molecular weight is 166 g/mol. The van der Waals surface area contributed by atoms with Gasteiger partial charge in [0.2, 0.25) is 0 Å². The van der Waals surface area contributed by atoms with Gasteiger partial charge in [-0.15, -0.1) is 0 Å². The minimum absolute atomic E-state index is 0.211. The molecule has 12 heavy (non-hydrogen) atoms. The molecule has 0 amide bonds. The lowest BCUT2D eigenvalue weighted by molar-refractivity contribution is 0.0694. The van der Waals surface area contributed by atoms with Gasteiger partial charge in [0, 0.05) is 5.41 Å². The van der Waals surface area contributed by atoms with Crippen molar-refractivity contribution in [2.75, 3.05) is 0 Å². The number of furan rings is 1. The van der Waals surface area contributed by atoms with E-state index in [0.717, 1.165) is 18.6 Å². The molecule has 0 fully saturated rings. The van der Waals surface area contributed by atoms with Crippen LogP contribution in [0.25, 0.3) is 0 Å². The molecule has 0 bridgehead atoms. The number of hydrogen-bond donors (Lipinski definition) is 1. The van der Waals surface area contributed by atoms with E-state index in [0.29, 0.717) is 0 Å². The maximum Gasteiger partial charge on any atom is 0.115 e. The molecule has 2 nitrogen and oxygen atoms in total. The second-order valence-corrected chi connectivity index (χ2v) is 4.05. The number of hydrogen-bond acceptors (Lipinski definition) is 2. The molecular formula is C10H14O2. The molecule has 1 aliphatic carbocycles. The van der Waals surface area contributed by atoms with Crippen LogP contribution in [0.3, 0.4) is 0 Å². The Labute approximate surface area is 72.2 Å². The number of aliphatic hydroxyl groups excluding tert-OH is 1. The Morgan fingerprint density at radius 1 is 1.58 bits per heavy atom. The lowest BCUT2D eigenvalue weighted by atomic mass is 9.75. The van der Waals surface area contributed by atoms with Gasteiger partial charge in [0.15, 0.2) is 0 Å². The minimum atomic E-state index is -0.267. The van der Waals surface area contributed by atoms with Gasteiger partial charge < -0.3 is 9.52 Å². The van der Waals surface area contributed by atoms with Crippen molar-refractivity contribution in [3.8, 4) is 0 Å². The molecule has 0 aromatic carbocycles. The Morgan fingerprint density at radius 3 is 3.08 bits per heavy atom. The van der Waals surface area contributed by atoms with Crippen molar-refractivity contribution in [3.63, 3.8) is 0 Å². The molecule has 2 heteroatoms. The Bertz CT molecular complexity index is 286. The summed E-state index contributed by atoms with van der Waals surface area (Å²) < 4.78 is 5.38. The third-order valence-corrected chi connectivity index (χ3v) is 2.85. The summed E-state index contributed by atoms with van der Waals surface area (Å²) >= 11 is 0. The molecule has 0 aliphatic heterocycles. The summed E-state index contributed by atoms with van der Waals surface area (Å²) in [5, 5.41) is 9.74. The van der Waals surface area contributed by atoms with Gasteiger partial charge in [0.1, 0.15) is 5.76 Å². The van der Waals surface area contributed by atoms with E-state index in [-0.39, 0.29) is 11.5 Å². The summed E-state index contributed by atoms with van der Waals surface area (Å²) in [4.78, 5) is 0. The zero-order valence-corrected chi connectivity index (χ0v) is 7.50. The summed E-state index contributed by atoms with van der Waals surface area (Å²) in [7, 11) is 0. The number of aryl methyl sites for hydroxylation is 1. The van der Waals surface area contributed by atoms with Crippen molar-refractivity contribution >= 4 is 0 Å². The van der Waals surface area contributed by atoms with E-state index < -0.39 is 0 Å². The smallest absolute Gasteiger partial charge is 0.115 e. The van der Waals surface area contributed by atoms with E-state index in [1.165, 1.54) is 5.56 Å². The zero-order chi connectivity index (χ0) is 8.77. The van der Waals surface area contributed by atoms with Crippen LogP contribution in [0.4, 0.5) is 0 Å². The third-order valence-electron chi connectivity index (χ3n) is 2.85. The normalized spacial score (nSPS) is 26.8. The van der Waals surface area contributed by atoms with Crippen molar-refractivity contribution in [2.45, 2.75) is 38.2 Å². The monoisotopic (exact) mass is 166 g/mol. The molecule has 2 rings (SSSR count). The van der Waals surface area contributed by atoms with Crippen LogP contribution in [0.1, 0.15) is 31.6 Å². The predicted molar refractivity (Wildman–Crippen MR) is 46.1 cm³/mol. The summed E-state index contributed by atoms with van der Waals surface area (Å²) in [6.07, 6.45) is 3.23. The predicted octanol–water partition coefficient (Wildman–Crippen LogP) is 1.86. The lowest BCUT2D eigenvalue weighted by Gasteiger charge is -2.33. The number of fused-ring (bicyclic) bond motifs is 1. The second-order valence-electron chi connectivity index (χ2n) is 4.05. The summed E-state index contributed by atoms with van der Waals surface area (Å²) in [6, 6.07) is 2.00. The van der Waals surface area contributed by atoms with E-state index in [4.69, 9.17) is 4.42 Å². The fourth-order valence-corrected chi connectivity index (χ4v) is 1.90. The van der Waals surface area contributed by atoms with Crippen LogP contribution < -0.4 is 0 Å². The van der Waals surface area contributed by atoms with Crippen LogP contribution in [0.5, 0.6) is 0 Å². The van der Waals surface area contributed by atoms with Gasteiger partial charge in [-0.05, 0) is 24.5 Å². The third kappa shape index (κ3) is 0.911. The fourth-order valence-electron chi connectivity index (χ4n) is 1.90. The molecule has 1 aromatic heterocycles. The molecule has 1 heterocycles. The van der Waals surface area contributed by atoms with Gasteiger partial charge in [-0.3, -0.25) is 0 Å². The molecule has 0 radical (unpaired) electrons. The quantitative estimate of drug-likeness (QED) is 0.638. The Balaban J connectivity index is 2.49. The number of rotatable bonds is 0. The Morgan fingerprint density at radius 2 is 2.33 bits per heavy atom. The van der Waals surface area contributed by atoms with Gasteiger partial charge in [0.25, 0.3) is 0 Å². The first-order valence-corrected chi connectivity index (χ1v) is 4.37. The molecule has 1 aromatic rings. The van der Waals surface area contributed by atoms with Crippen molar-refractivity contribution < 1.29 is 9.52 Å². The van der Waals surface area contributed by atoms with E-state index >= 15 is 0 Å².